The zero-order valence-electron chi connectivity index (χ0n) is 9.86. The van der Waals surface area contributed by atoms with Gasteiger partial charge >= 0.3 is 0 Å². The van der Waals surface area contributed by atoms with Crippen LogP contribution < -0.4 is 5.73 Å². The minimum absolute atomic E-state index is 0.0619. The number of ether oxygens (including phenoxy) is 2. The van der Waals surface area contributed by atoms with Gasteiger partial charge in [-0.1, -0.05) is 0 Å². The first-order valence-corrected chi connectivity index (χ1v) is 5.19. The highest BCUT2D eigenvalue weighted by Gasteiger charge is 2.16. The molecule has 1 amide bonds. The van der Waals surface area contributed by atoms with Crippen molar-refractivity contribution in [2.24, 2.45) is 5.73 Å². The van der Waals surface area contributed by atoms with Crippen LogP contribution in [-0.4, -0.2) is 57.4 Å². The van der Waals surface area contributed by atoms with Crippen molar-refractivity contribution in [1.82, 2.24) is 4.90 Å². The van der Waals surface area contributed by atoms with Crippen molar-refractivity contribution in [1.29, 1.82) is 0 Å². The molecular formula is C10H22N2O3. The number of amides is 1. The fraction of sp³-hybridized carbons (Fsp3) is 0.900. The lowest BCUT2D eigenvalue weighted by atomic mass is 10.2. The third-order valence-corrected chi connectivity index (χ3v) is 2.30. The monoisotopic (exact) mass is 218 g/mol. The number of rotatable bonds is 8. The minimum atomic E-state index is -0.186. The number of carbonyl (C=O) groups is 1. The van der Waals surface area contributed by atoms with E-state index < -0.39 is 0 Å². The van der Waals surface area contributed by atoms with Crippen LogP contribution >= 0.6 is 0 Å². The average molecular weight is 218 g/mol. The molecule has 0 aliphatic rings. The second kappa shape index (κ2) is 8.64. The molecule has 0 saturated carbocycles. The van der Waals surface area contributed by atoms with Crippen LogP contribution in [0.5, 0.6) is 0 Å². The number of likely N-dealkylation sites (N-methyl/N-ethyl adjacent to an activating group) is 1. The van der Waals surface area contributed by atoms with E-state index >= 15 is 0 Å². The van der Waals surface area contributed by atoms with E-state index in [9.17, 15) is 4.79 Å². The molecular weight excluding hydrogens is 196 g/mol. The van der Waals surface area contributed by atoms with Gasteiger partial charge in [-0.15, -0.1) is 0 Å². The van der Waals surface area contributed by atoms with Gasteiger partial charge in [-0.2, -0.15) is 0 Å². The highest BCUT2D eigenvalue weighted by atomic mass is 16.5. The molecule has 0 heterocycles. The Balaban J connectivity index is 4.02. The maximum atomic E-state index is 11.7. The van der Waals surface area contributed by atoms with Crippen LogP contribution in [0.25, 0.3) is 0 Å². The molecule has 0 spiro atoms. The summed E-state index contributed by atoms with van der Waals surface area (Å²) in [5.74, 6) is 0.0619. The van der Waals surface area contributed by atoms with Gasteiger partial charge in [0.05, 0.1) is 19.1 Å². The first kappa shape index (κ1) is 14.3. The maximum Gasteiger partial charge on any atom is 0.225 e. The van der Waals surface area contributed by atoms with E-state index in [1.54, 1.807) is 19.1 Å². The summed E-state index contributed by atoms with van der Waals surface area (Å²) in [4.78, 5) is 13.5. The zero-order chi connectivity index (χ0) is 11.7. The first-order chi connectivity index (χ1) is 7.19. The van der Waals surface area contributed by atoms with Gasteiger partial charge in [0, 0.05) is 33.9 Å². The third-order valence-electron chi connectivity index (χ3n) is 2.30. The fourth-order valence-corrected chi connectivity index (χ4v) is 1.25. The predicted molar refractivity (Wildman–Crippen MR) is 58.6 cm³/mol. The zero-order valence-corrected chi connectivity index (χ0v) is 9.86. The highest BCUT2D eigenvalue weighted by molar-refractivity contribution is 5.76. The van der Waals surface area contributed by atoms with Gasteiger partial charge in [0.1, 0.15) is 0 Å². The number of hydrogen-bond acceptors (Lipinski definition) is 4. The van der Waals surface area contributed by atoms with E-state index in [4.69, 9.17) is 15.2 Å². The van der Waals surface area contributed by atoms with Gasteiger partial charge in [-0.25, -0.2) is 0 Å². The van der Waals surface area contributed by atoms with Crippen molar-refractivity contribution in [3.63, 3.8) is 0 Å². The molecule has 2 N–H and O–H groups in total. The minimum Gasteiger partial charge on any atom is -0.383 e. The van der Waals surface area contributed by atoms with E-state index in [1.807, 2.05) is 6.92 Å². The smallest absolute Gasteiger partial charge is 0.225 e. The number of carbonyl (C=O) groups excluding carboxylic acids is 1. The third kappa shape index (κ3) is 5.71. The lowest BCUT2D eigenvalue weighted by Crippen LogP contribution is -2.37. The predicted octanol–water partition coefficient (Wildman–Crippen LogP) is -0.155. The molecule has 0 aliphatic heterocycles. The summed E-state index contributed by atoms with van der Waals surface area (Å²) >= 11 is 0. The summed E-state index contributed by atoms with van der Waals surface area (Å²) in [6, 6.07) is 0. The Kier molecular flexibility index (Phi) is 8.27. The molecule has 5 heteroatoms. The Bertz CT molecular complexity index is 172. The summed E-state index contributed by atoms with van der Waals surface area (Å²) in [6.07, 6.45) is 0.152. The van der Waals surface area contributed by atoms with Gasteiger partial charge in [0.2, 0.25) is 5.91 Å². The van der Waals surface area contributed by atoms with Crippen LogP contribution in [0, 0.1) is 0 Å². The normalized spacial score (nSPS) is 12.5. The van der Waals surface area contributed by atoms with Crippen LogP contribution in [-0.2, 0) is 14.3 Å². The van der Waals surface area contributed by atoms with Crippen molar-refractivity contribution in [3.05, 3.63) is 0 Å². The summed E-state index contributed by atoms with van der Waals surface area (Å²) in [5.41, 5.74) is 5.45. The number of nitrogens with zero attached hydrogens (tertiary/aromatic N) is 1. The van der Waals surface area contributed by atoms with E-state index in [-0.39, 0.29) is 12.0 Å². The van der Waals surface area contributed by atoms with Gasteiger partial charge in [-0.05, 0) is 6.92 Å². The molecule has 0 rings (SSSR count). The molecule has 15 heavy (non-hydrogen) atoms. The maximum absolute atomic E-state index is 11.7. The molecule has 0 aromatic heterocycles. The van der Waals surface area contributed by atoms with Crippen molar-refractivity contribution in [3.8, 4) is 0 Å². The fourth-order valence-electron chi connectivity index (χ4n) is 1.25. The standard InChI is InChI=1S/C10H22N2O3/c1-4-12(5-6-14-2)10(13)7-9(8-11)15-3/h9H,4-8,11H2,1-3H3. The second-order valence-electron chi connectivity index (χ2n) is 3.26. The van der Waals surface area contributed by atoms with Crippen molar-refractivity contribution in [2.45, 2.75) is 19.4 Å². The van der Waals surface area contributed by atoms with Gasteiger partial charge in [-0.3, -0.25) is 4.79 Å². The molecule has 90 valence electrons. The van der Waals surface area contributed by atoms with Crippen LogP contribution in [0.1, 0.15) is 13.3 Å². The average Bonchev–Trinajstić information content (AvgIpc) is 2.26. The van der Waals surface area contributed by atoms with E-state index in [2.05, 4.69) is 0 Å². The number of hydrogen-bond donors (Lipinski definition) is 1. The molecule has 0 fully saturated rings. The van der Waals surface area contributed by atoms with Crippen molar-refractivity contribution >= 4 is 5.91 Å². The topological polar surface area (TPSA) is 64.8 Å². The van der Waals surface area contributed by atoms with E-state index in [0.717, 1.165) is 0 Å². The Hall–Kier alpha value is -0.650. The van der Waals surface area contributed by atoms with Gasteiger partial charge in [0.25, 0.3) is 0 Å². The van der Waals surface area contributed by atoms with Crippen LogP contribution in [0.15, 0.2) is 0 Å². The Morgan fingerprint density at radius 2 is 2.13 bits per heavy atom. The summed E-state index contributed by atoms with van der Waals surface area (Å²) < 4.78 is 10.00. The van der Waals surface area contributed by atoms with E-state index in [0.29, 0.717) is 32.7 Å². The Morgan fingerprint density at radius 3 is 2.53 bits per heavy atom. The van der Waals surface area contributed by atoms with Crippen molar-refractivity contribution in [2.75, 3.05) is 40.5 Å². The van der Waals surface area contributed by atoms with Crippen molar-refractivity contribution < 1.29 is 14.3 Å². The molecule has 1 atom stereocenters. The molecule has 0 saturated heterocycles. The van der Waals surface area contributed by atoms with Gasteiger partial charge < -0.3 is 20.1 Å². The van der Waals surface area contributed by atoms with E-state index in [1.165, 1.54) is 0 Å². The number of nitrogens with two attached hydrogens (primary N) is 1. The largest absolute Gasteiger partial charge is 0.383 e. The molecule has 0 aliphatic carbocycles. The lowest BCUT2D eigenvalue weighted by molar-refractivity contribution is -0.134. The molecule has 5 nitrogen and oxygen atoms in total. The summed E-state index contributed by atoms with van der Waals surface area (Å²) in [6.45, 7) is 4.16. The lowest BCUT2D eigenvalue weighted by Gasteiger charge is -2.22. The quantitative estimate of drug-likeness (QED) is 0.615. The molecule has 0 bridgehead atoms. The van der Waals surface area contributed by atoms with Gasteiger partial charge in [0.15, 0.2) is 0 Å². The molecule has 0 aromatic rings. The highest BCUT2D eigenvalue weighted by Crippen LogP contribution is 2.01. The SMILES string of the molecule is CCN(CCOC)C(=O)CC(CN)OC. The Labute approximate surface area is 91.5 Å². The number of methoxy groups -OCH3 is 2. The molecule has 1 unspecified atom stereocenters. The van der Waals surface area contributed by atoms with Crippen LogP contribution in [0.4, 0.5) is 0 Å². The summed E-state index contributed by atoms with van der Waals surface area (Å²) in [7, 11) is 3.19. The Morgan fingerprint density at radius 1 is 1.47 bits per heavy atom. The first-order valence-electron chi connectivity index (χ1n) is 5.19. The molecule has 0 radical (unpaired) electrons. The van der Waals surface area contributed by atoms with Crippen LogP contribution in [0.3, 0.4) is 0 Å². The van der Waals surface area contributed by atoms with Crippen LogP contribution in [0.2, 0.25) is 0 Å². The molecule has 0 aromatic carbocycles. The summed E-state index contributed by atoms with van der Waals surface area (Å²) in [5, 5.41) is 0. The second-order valence-corrected chi connectivity index (χ2v) is 3.26.